The van der Waals surface area contributed by atoms with Crippen LogP contribution in [0.2, 0.25) is 0 Å². The van der Waals surface area contributed by atoms with Crippen molar-refractivity contribution in [3.8, 4) is 0 Å². The summed E-state index contributed by atoms with van der Waals surface area (Å²) in [7, 11) is 0. The number of thiol groups is 1. The van der Waals surface area contributed by atoms with E-state index in [-0.39, 0.29) is 23.6 Å². The average molecular weight is 485 g/mol. The van der Waals surface area contributed by atoms with Gasteiger partial charge in [-0.3, -0.25) is 9.59 Å². The normalized spacial score (nSPS) is 24.6. The molecule has 0 bridgehead atoms. The van der Waals surface area contributed by atoms with Crippen LogP contribution in [0.1, 0.15) is 68.3 Å². The number of piperidine rings is 1. The molecule has 5 rings (SSSR count). The maximum atomic E-state index is 13.9. The minimum atomic E-state index is -1.06. The standard InChI is InChI=1S/C26H36N4O3S/c31-24-22-17-23-21(11-16-33-23)29(22)18-26(19-34,25(32)27-20-9-4-1-2-5-10-20)30(24)15-8-14-28-12-6-3-7-13-28/h8,11,14,16-17,20,34H,1-7,9-10,12-13,15,18-19H2,(H,27,32)/b14-8+. The van der Waals surface area contributed by atoms with Gasteiger partial charge in [-0.15, -0.1) is 0 Å². The van der Waals surface area contributed by atoms with Gasteiger partial charge in [-0.05, 0) is 44.4 Å². The Balaban J connectivity index is 1.45. The fourth-order valence-corrected chi connectivity index (χ4v) is 6.19. The van der Waals surface area contributed by atoms with Crippen molar-refractivity contribution in [2.24, 2.45) is 0 Å². The third-order valence-electron chi connectivity index (χ3n) is 7.79. The summed E-state index contributed by atoms with van der Waals surface area (Å²) in [5, 5.41) is 3.32. The molecule has 1 atom stereocenters. The summed E-state index contributed by atoms with van der Waals surface area (Å²) in [4.78, 5) is 31.8. The summed E-state index contributed by atoms with van der Waals surface area (Å²) in [6, 6.07) is 3.82. The van der Waals surface area contributed by atoms with Crippen LogP contribution < -0.4 is 5.32 Å². The number of amides is 2. The highest BCUT2D eigenvalue weighted by atomic mass is 32.1. The summed E-state index contributed by atoms with van der Waals surface area (Å²) in [6.45, 7) is 2.84. The van der Waals surface area contributed by atoms with Crippen molar-refractivity contribution < 1.29 is 14.0 Å². The Labute approximate surface area is 206 Å². The van der Waals surface area contributed by atoms with E-state index in [1.54, 1.807) is 17.2 Å². The maximum Gasteiger partial charge on any atom is 0.271 e. The average Bonchev–Trinajstić information content (AvgIpc) is 3.35. The molecule has 4 heterocycles. The highest BCUT2D eigenvalue weighted by Crippen LogP contribution is 2.34. The highest BCUT2D eigenvalue weighted by molar-refractivity contribution is 7.80. The molecule has 1 saturated carbocycles. The van der Waals surface area contributed by atoms with Crippen LogP contribution in [0, 0.1) is 0 Å². The number of furan rings is 1. The van der Waals surface area contributed by atoms with E-state index in [4.69, 9.17) is 4.42 Å². The number of hydrogen-bond donors (Lipinski definition) is 2. The fourth-order valence-electron chi connectivity index (χ4n) is 5.78. The van der Waals surface area contributed by atoms with Crippen LogP contribution in [-0.4, -0.2) is 63.1 Å². The predicted molar refractivity (Wildman–Crippen MR) is 136 cm³/mol. The number of nitrogens with zero attached hydrogens (tertiary/aromatic N) is 3. The fraction of sp³-hybridized carbons (Fsp3) is 0.615. The van der Waals surface area contributed by atoms with E-state index < -0.39 is 5.54 Å². The van der Waals surface area contributed by atoms with E-state index >= 15 is 0 Å². The van der Waals surface area contributed by atoms with Crippen molar-refractivity contribution >= 4 is 35.5 Å². The van der Waals surface area contributed by atoms with Gasteiger partial charge in [-0.1, -0.05) is 25.7 Å². The summed E-state index contributed by atoms with van der Waals surface area (Å²) in [5.41, 5.74) is 1.03. The van der Waals surface area contributed by atoms with Crippen LogP contribution in [0.5, 0.6) is 0 Å². The maximum absolute atomic E-state index is 13.9. The van der Waals surface area contributed by atoms with Crippen molar-refractivity contribution in [1.82, 2.24) is 19.7 Å². The van der Waals surface area contributed by atoms with Gasteiger partial charge in [0, 0.05) is 43.6 Å². The summed E-state index contributed by atoms with van der Waals surface area (Å²) in [6.07, 6.45) is 16.1. The number of rotatable bonds is 6. The van der Waals surface area contributed by atoms with Crippen LogP contribution in [0.15, 0.2) is 35.1 Å². The number of carbonyl (C=O) groups is 2. The first-order chi connectivity index (χ1) is 16.6. The number of aromatic nitrogens is 1. The molecule has 0 radical (unpaired) electrons. The SMILES string of the molecule is O=C1c2cc3occc3n2CC(CS)(C(=O)NC2CCCCCC2)N1C/C=C/N1CCCCC1. The Morgan fingerprint density at radius 2 is 1.88 bits per heavy atom. The molecule has 7 nitrogen and oxygen atoms in total. The zero-order chi connectivity index (χ0) is 23.5. The largest absolute Gasteiger partial charge is 0.463 e. The molecule has 0 aromatic carbocycles. The van der Waals surface area contributed by atoms with Crippen LogP contribution >= 0.6 is 12.6 Å². The Morgan fingerprint density at radius 1 is 1.15 bits per heavy atom. The lowest BCUT2D eigenvalue weighted by molar-refractivity contribution is -0.133. The first-order valence-corrected chi connectivity index (χ1v) is 13.5. The van der Waals surface area contributed by atoms with Crippen molar-refractivity contribution in [3.63, 3.8) is 0 Å². The predicted octanol–water partition coefficient (Wildman–Crippen LogP) is 4.20. The number of fused-ring (bicyclic) bond motifs is 3. The molecule has 1 N–H and O–H groups in total. The molecule has 2 amide bonds. The number of hydrogen-bond acceptors (Lipinski definition) is 5. The van der Waals surface area contributed by atoms with Crippen molar-refractivity contribution in [2.45, 2.75) is 75.9 Å². The Kier molecular flexibility index (Phi) is 6.95. The van der Waals surface area contributed by atoms with E-state index in [0.29, 0.717) is 24.4 Å². The highest BCUT2D eigenvalue weighted by Gasteiger charge is 2.50. The molecule has 2 aromatic rings. The second-order valence-electron chi connectivity index (χ2n) is 10.0. The van der Waals surface area contributed by atoms with Crippen LogP contribution in [-0.2, 0) is 11.3 Å². The minimum Gasteiger partial charge on any atom is -0.463 e. The summed E-state index contributed by atoms with van der Waals surface area (Å²) < 4.78 is 7.52. The second kappa shape index (κ2) is 10.1. The van der Waals surface area contributed by atoms with E-state index in [1.165, 1.54) is 32.1 Å². The Hall–Kier alpha value is -2.35. The minimum absolute atomic E-state index is 0.0925. The molecule has 0 spiro atoms. The van der Waals surface area contributed by atoms with Gasteiger partial charge in [-0.2, -0.15) is 12.6 Å². The molecule has 3 aliphatic rings. The van der Waals surface area contributed by atoms with E-state index in [0.717, 1.165) is 44.3 Å². The van der Waals surface area contributed by atoms with Gasteiger partial charge in [0.25, 0.3) is 5.91 Å². The van der Waals surface area contributed by atoms with Crippen LogP contribution in [0.25, 0.3) is 11.1 Å². The summed E-state index contributed by atoms with van der Waals surface area (Å²) in [5.74, 6) is 0.0161. The number of nitrogens with one attached hydrogen (secondary N) is 1. The topological polar surface area (TPSA) is 70.7 Å². The zero-order valence-corrected chi connectivity index (χ0v) is 20.8. The molecule has 184 valence electrons. The smallest absolute Gasteiger partial charge is 0.271 e. The van der Waals surface area contributed by atoms with Gasteiger partial charge in [0.15, 0.2) is 5.58 Å². The van der Waals surface area contributed by atoms with Gasteiger partial charge in [0.1, 0.15) is 11.2 Å². The van der Waals surface area contributed by atoms with Gasteiger partial charge in [-0.25, -0.2) is 0 Å². The molecular formula is C26H36N4O3S. The quantitative estimate of drug-likeness (QED) is 0.476. The molecule has 8 heteroatoms. The molecule has 1 unspecified atom stereocenters. The molecule has 2 aromatic heterocycles. The van der Waals surface area contributed by atoms with Crippen molar-refractivity contribution in [2.75, 3.05) is 25.4 Å². The van der Waals surface area contributed by atoms with Gasteiger partial charge in [0.2, 0.25) is 5.91 Å². The van der Waals surface area contributed by atoms with E-state index in [2.05, 4.69) is 29.0 Å². The van der Waals surface area contributed by atoms with Gasteiger partial charge >= 0.3 is 0 Å². The number of likely N-dealkylation sites (tertiary alicyclic amines) is 1. The number of carbonyl (C=O) groups excluding carboxylic acids is 2. The second-order valence-corrected chi connectivity index (χ2v) is 10.4. The molecule has 1 aliphatic carbocycles. The van der Waals surface area contributed by atoms with Crippen LogP contribution in [0.3, 0.4) is 0 Å². The first-order valence-electron chi connectivity index (χ1n) is 12.8. The lowest BCUT2D eigenvalue weighted by Crippen LogP contribution is -2.67. The lowest BCUT2D eigenvalue weighted by Gasteiger charge is -2.45. The van der Waals surface area contributed by atoms with Gasteiger partial charge < -0.3 is 24.1 Å². The Morgan fingerprint density at radius 3 is 2.62 bits per heavy atom. The van der Waals surface area contributed by atoms with E-state index in [9.17, 15) is 9.59 Å². The Bertz CT molecular complexity index is 1050. The zero-order valence-electron chi connectivity index (χ0n) is 19.9. The third-order valence-corrected chi connectivity index (χ3v) is 8.32. The summed E-state index contributed by atoms with van der Waals surface area (Å²) >= 11 is 4.68. The first kappa shape index (κ1) is 23.4. The monoisotopic (exact) mass is 484 g/mol. The lowest BCUT2D eigenvalue weighted by atomic mass is 9.93. The van der Waals surface area contributed by atoms with Crippen molar-refractivity contribution in [1.29, 1.82) is 0 Å². The molecular weight excluding hydrogens is 448 g/mol. The third kappa shape index (κ3) is 4.37. The van der Waals surface area contributed by atoms with Crippen molar-refractivity contribution in [3.05, 3.63) is 36.4 Å². The molecule has 1 saturated heterocycles. The molecule has 2 aliphatic heterocycles. The molecule has 2 fully saturated rings. The van der Waals surface area contributed by atoms with Gasteiger partial charge in [0.05, 0.1) is 18.3 Å². The van der Waals surface area contributed by atoms with Crippen LogP contribution in [0.4, 0.5) is 0 Å². The molecule has 34 heavy (non-hydrogen) atoms. The van der Waals surface area contributed by atoms with E-state index in [1.807, 2.05) is 16.7 Å².